The molecular weight excluding hydrogens is 227 g/mol. The molecule has 0 aromatic carbocycles. The number of carbonyl (C=O) groups excluding carboxylic acids is 1. The number of amides is 2. The van der Waals surface area contributed by atoms with Crippen LogP contribution in [0.4, 0.5) is 21.0 Å². The highest BCUT2D eigenvalue weighted by Gasteiger charge is 2.22. The molecule has 1 saturated heterocycles. The van der Waals surface area contributed by atoms with Crippen molar-refractivity contribution < 1.29 is 9.18 Å². The molecule has 8 heteroatoms. The fraction of sp³-hybridized carbons (Fsp3) is 0.444. The molecule has 17 heavy (non-hydrogen) atoms. The lowest BCUT2D eigenvalue weighted by atomic mass is 10.3. The molecule has 1 aromatic rings. The highest BCUT2D eigenvalue weighted by molar-refractivity contribution is 5.72. The van der Waals surface area contributed by atoms with Crippen molar-refractivity contribution in [3.63, 3.8) is 0 Å². The first-order chi connectivity index (χ1) is 8.08. The first-order valence-corrected chi connectivity index (χ1v) is 5.15. The smallest absolute Gasteiger partial charge is 0.314 e. The van der Waals surface area contributed by atoms with E-state index in [-0.39, 0.29) is 11.8 Å². The van der Waals surface area contributed by atoms with Crippen LogP contribution in [0.5, 0.6) is 0 Å². The van der Waals surface area contributed by atoms with Crippen LogP contribution in [0.25, 0.3) is 0 Å². The average Bonchev–Trinajstić information content (AvgIpc) is 2.32. The Morgan fingerprint density at radius 2 is 2.00 bits per heavy atom. The molecule has 1 fully saturated rings. The van der Waals surface area contributed by atoms with Crippen molar-refractivity contribution in [2.75, 3.05) is 36.8 Å². The Bertz CT molecular complexity index is 431. The number of halogens is 1. The zero-order valence-electron chi connectivity index (χ0n) is 9.14. The quantitative estimate of drug-likeness (QED) is 0.682. The zero-order chi connectivity index (χ0) is 12.4. The van der Waals surface area contributed by atoms with Crippen LogP contribution in [0.3, 0.4) is 0 Å². The van der Waals surface area contributed by atoms with Gasteiger partial charge in [0.1, 0.15) is 0 Å². The Morgan fingerprint density at radius 3 is 2.59 bits per heavy atom. The van der Waals surface area contributed by atoms with Gasteiger partial charge in [0.25, 0.3) is 0 Å². The predicted molar refractivity (Wildman–Crippen MR) is 59.8 cm³/mol. The molecule has 0 radical (unpaired) electrons. The number of aromatic nitrogens is 2. The summed E-state index contributed by atoms with van der Waals surface area (Å²) in [5, 5.41) is 0. The van der Waals surface area contributed by atoms with E-state index >= 15 is 0 Å². The maximum Gasteiger partial charge on any atom is 0.314 e. The van der Waals surface area contributed by atoms with Gasteiger partial charge in [-0.3, -0.25) is 0 Å². The lowest BCUT2D eigenvalue weighted by molar-refractivity contribution is 0.204. The number of hydrogen-bond acceptors (Lipinski definition) is 5. The van der Waals surface area contributed by atoms with Crippen LogP contribution in [-0.2, 0) is 0 Å². The highest BCUT2D eigenvalue weighted by Crippen LogP contribution is 2.17. The van der Waals surface area contributed by atoms with Crippen molar-refractivity contribution in [2.24, 2.45) is 5.73 Å². The minimum Gasteiger partial charge on any atom is -0.368 e. The topological polar surface area (TPSA) is 101 Å². The van der Waals surface area contributed by atoms with E-state index in [2.05, 4.69) is 9.97 Å². The van der Waals surface area contributed by atoms with E-state index in [4.69, 9.17) is 11.5 Å². The molecular formula is C9H13FN6O. The van der Waals surface area contributed by atoms with E-state index in [9.17, 15) is 9.18 Å². The van der Waals surface area contributed by atoms with Crippen molar-refractivity contribution in [3.05, 3.63) is 12.0 Å². The molecule has 0 saturated carbocycles. The Kier molecular flexibility index (Phi) is 2.94. The molecule has 4 N–H and O–H groups in total. The van der Waals surface area contributed by atoms with Gasteiger partial charge in [-0.05, 0) is 0 Å². The number of urea groups is 1. The fourth-order valence-corrected chi connectivity index (χ4v) is 1.73. The number of nitrogens with two attached hydrogens (primary N) is 2. The van der Waals surface area contributed by atoms with Crippen LogP contribution in [-0.4, -0.2) is 47.1 Å². The van der Waals surface area contributed by atoms with Gasteiger partial charge in [0.15, 0.2) is 11.6 Å². The second-order valence-corrected chi connectivity index (χ2v) is 3.71. The van der Waals surface area contributed by atoms with Gasteiger partial charge in [-0.15, -0.1) is 0 Å². The number of primary amides is 1. The monoisotopic (exact) mass is 240 g/mol. The lowest BCUT2D eigenvalue weighted by Gasteiger charge is -2.34. The van der Waals surface area contributed by atoms with E-state index in [0.717, 1.165) is 6.20 Å². The van der Waals surface area contributed by atoms with Crippen LogP contribution in [0, 0.1) is 5.82 Å². The molecule has 0 atom stereocenters. The molecule has 2 amide bonds. The third-order valence-electron chi connectivity index (χ3n) is 2.64. The lowest BCUT2D eigenvalue weighted by Crippen LogP contribution is -2.51. The minimum atomic E-state index is -0.522. The predicted octanol–water partition coefficient (Wildman–Crippen LogP) is -0.601. The van der Waals surface area contributed by atoms with Gasteiger partial charge in [-0.2, -0.15) is 4.98 Å². The van der Waals surface area contributed by atoms with Crippen LogP contribution in [0.1, 0.15) is 0 Å². The first kappa shape index (κ1) is 11.4. The Balaban J connectivity index is 2.10. The Labute approximate surface area is 97.2 Å². The van der Waals surface area contributed by atoms with Crippen molar-refractivity contribution >= 4 is 17.8 Å². The molecule has 1 aliphatic heterocycles. The second kappa shape index (κ2) is 4.40. The van der Waals surface area contributed by atoms with Crippen molar-refractivity contribution in [1.82, 2.24) is 14.9 Å². The third-order valence-corrected chi connectivity index (χ3v) is 2.64. The minimum absolute atomic E-state index is 0.0266. The van der Waals surface area contributed by atoms with E-state index in [1.54, 1.807) is 4.90 Å². The number of anilines is 2. The Morgan fingerprint density at radius 1 is 1.35 bits per heavy atom. The number of rotatable bonds is 1. The van der Waals surface area contributed by atoms with E-state index < -0.39 is 11.8 Å². The summed E-state index contributed by atoms with van der Waals surface area (Å²) in [5.74, 6) is -0.327. The number of carbonyl (C=O) groups is 1. The third kappa shape index (κ3) is 2.35. The number of hydrogen-bond donors (Lipinski definition) is 2. The Hall–Kier alpha value is -2.12. The number of piperazine rings is 1. The van der Waals surface area contributed by atoms with Crippen molar-refractivity contribution in [3.8, 4) is 0 Å². The number of nitrogen functional groups attached to an aromatic ring is 1. The fourth-order valence-electron chi connectivity index (χ4n) is 1.73. The summed E-state index contributed by atoms with van der Waals surface area (Å²) in [6, 6.07) is -0.465. The van der Waals surface area contributed by atoms with E-state index in [0.29, 0.717) is 26.2 Å². The molecule has 1 aromatic heterocycles. The largest absolute Gasteiger partial charge is 0.368 e. The van der Waals surface area contributed by atoms with Crippen molar-refractivity contribution in [2.45, 2.75) is 0 Å². The SMILES string of the molecule is NC(=O)N1CCN(c2nc(N)ncc2F)CC1. The summed E-state index contributed by atoms with van der Waals surface area (Å²) < 4.78 is 13.5. The van der Waals surface area contributed by atoms with Crippen LogP contribution in [0.15, 0.2) is 6.20 Å². The maximum atomic E-state index is 13.5. The van der Waals surface area contributed by atoms with Gasteiger partial charge in [0.05, 0.1) is 6.20 Å². The summed E-state index contributed by atoms with van der Waals surface area (Å²) in [6.07, 6.45) is 1.04. The summed E-state index contributed by atoms with van der Waals surface area (Å²) >= 11 is 0. The molecule has 2 rings (SSSR count). The second-order valence-electron chi connectivity index (χ2n) is 3.71. The zero-order valence-corrected chi connectivity index (χ0v) is 9.14. The normalized spacial score (nSPS) is 16.1. The van der Waals surface area contributed by atoms with Gasteiger partial charge in [-0.1, -0.05) is 0 Å². The van der Waals surface area contributed by atoms with Crippen LogP contribution >= 0.6 is 0 Å². The molecule has 0 unspecified atom stereocenters. The molecule has 92 valence electrons. The van der Waals surface area contributed by atoms with E-state index in [1.807, 2.05) is 0 Å². The summed E-state index contributed by atoms with van der Waals surface area (Å²) in [6.45, 7) is 1.82. The molecule has 0 bridgehead atoms. The van der Waals surface area contributed by atoms with E-state index in [1.165, 1.54) is 4.90 Å². The van der Waals surface area contributed by atoms with Gasteiger partial charge in [0.2, 0.25) is 5.95 Å². The first-order valence-electron chi connectivity index (χ1n) is 5.15. The number of nitrogens with zero attached hydrogens (tertiary/aromatic N) is 4. The maximum absolute atomic E-state index is 13.5. The standard InChI is InChI=1S/C9H13FN6O/c10-6-5-13-8(11)14-7(6)15-1-3-16(4-2-15)9(12)17/h5H,1-4H2,(H2,12,17)(H2,11,13,14). The molecule has 0 spiro atoms. The van der Waals surface area contributed by atoms with Crippen LogP contribution in [0.2, 0.25) is 0 Å². The van der Waals surface area contributed by atoms with Gasteiger partial charge in [0, 0.05) is 26.2 Å². The molecule has 1 aliphatic rings. The summed E-state index contributed by atoms with van der Waals surface area (Å²) in [5.41, 5.74) is 10.6. The van der Waals surface area contributed by atoms with Gasteiger partial charge in [-0.25, -0.2) is 14.2 Å². The molecule has 2 heterocycles. The van der Waals surface area contributed by atoms with Crippen LogP contribution < -0.4 is 16.4 Å². The molecule has 0 aliphatic carbocycles. The van der Waals surface area contributed by atoms with Gasteiger partial charge >= 0.3 is 6.03 Å². The highest BCUT2D eigenvalue weighted by atomic mass is 19.1. The molecule has 7 nitrogen and oxygen atoms in total. The average molecular weight is 240 g/mol. The summed E-state index contributed by atoms with van der Waals surface area (Å²) in [4.78, 5) is 21.5. The van der Waals surface area contributed by atoms with Gasteiger partial charge < -0.3 is 21.3 Å². The van der Waals surface area contributed by atoms with Crippen molar-refractivity contribution in [1.29, 1.82) is 0 Å². The summed E-state index contributed by atoms with van der Waals surface area (Å²) in [7, 11) is 0.